The average molecular weight is 425 g/mol. The summed E-state index contributed by atoms with van der Waals surface area (Å²) in [5, 5.41) is 9.59. The molecule has 6 rings (SSSR count). The molecule has 2 aromatic carbocycles. The van der Waals surface area contributed by atoms with Gasteiger partial charge in [0, 0.05) is 43.3 Å². The van der Waals surface area contributed by atoms with Crippen molar-refractivity contribution in [3.63, 3.8) is 0 Å². The molecule has 0 atom stereocenters. The van der Waals surface area contributed by atoms with Gasteiger partial charge >= 0.3 is 0 Å². The van der Waals surface area contributed by atoms with E-state index in [2.05, 4.69) is 25.1 Å². The molecule has 5 aromatic rings. The third-order valence-corrected chi connectivity index (χ3v) is 5.91. The minimum atomic E-state index is -0.338. The topological polar surface area (TPSA) is 62.5 Å². The number of para-hydroxylation sites is 1. The molecule has 0 bridgehead atoms. The first-order chi connectivity index (χ1) is 15.8. The number of halogens is 1. The van der Waals surface area contributed by atoms with Crippen molar-refractivity contribution < 1.29 is 4.39 Å². The lowest BCUT2D eigenvalue weighted by Crippen LogP contribution is -2.47. The second kappa shape index (κ2) is 7.56. The standard InChI is InChI=1S/C24H20FN7/c25-19-9-3-1-7-17(19)22-24-27-23(18-8-2-4-10-20(18)32(24)29-28-22)31-15-13-30(14-16-31)21-11-5-6-12-26-21/h1-12H,13-16H2. The van der Waals surface area contributed by atoms with Gasteiger partial charge in [0.15, 0.2) is 5.65 Å². The summed E-state index contributed by atoms with van der Waals surface area (Å²) in [5.41, 5.74) is 2.30. The summed E-state index contributed by atoms with van der Waals surface area (Å²) >= 11 is 0. The Balaban J connectivity index is 1.44. The maximum atomic E-state index is 14.5. The first-order valence-electron chi connectivity index (χ1n) is 10.6. The van der Waals surface area contributed by atoms with Gasteiger partial charge in [-0.15, -0.1) is 5.10 Å². The number of benzene rings is 2. The molecule has 0 amide bonds. The third kappa shape index (κ3) is 3.03. The second-order valence-electron chi connectivity index (χ2n) is 7.77. The first kappa shape index (κ1) is 18.7. The van der Waals surface area contributed by atoms with Crippen LogP contribution in [0.2, 0.25) is 0 Å². The van der Waals surface area contributed by atoms with Crippen LogP contribution in [0.25, 0.3) is 27.8 Å². The summed E-state index contributed by atoms with van der Waals surface area (Å²) in [6, 6.07) is 20.6. The molecule has 8 heteroatoms. The molecule has 32 heavy (non-hydrogen) atoms. The zero-order chi connectivity index (χ0) is 21.5. The zero-order valence-electron chi connectivity index (χ0n) is 17.3. The highest BCUT2D eigenvalue weighted by atomic mass is 19.1. The van der Waals surface area contributed by atoms with Crippen LogP contribution in [0, 0.1) is 5.82 Å². The summed E-state index contributed by atoms with van der Waals surface area (Å²) in [4.78, 5) is 14.0. The highest BCUT2D eigenvalue weighted by Crippen LogP contribution is 2.31. The fraction of sp³-hybridized carbons (Fsp3) is 0.167. The maximum absolute atomic E-state index is 14.5. The number of rotatable bonds is 3. The van der Waals surface area contributed by atoms with E-state index in [1.807, 2.05) is 48.7 Å². The smallest absolute Gasteiger partial charge is 0.186 e. The molecule has 0 spiro atoms. The quantitative estimate of drug-likeness (QED) is 0.438. The van der Waals surface area contributed by atoms with Crippen LogP contribution in [0.3, 0.4) is 0 Å². The minimum Gasteiger partial charge on any atom is -0.353 e. The van der Waals surface area contributed by atoms with Crippen LogP contribution in [0.15, 0.2) is 72.9 Å². The lowest BCUT2D eigenvalue weighted by Gasteiger charge is -2.36. The van der Waals surface area contributed by atoms with E-state index in [0.29, 0.717) is 16.9 Å². The summed E-state index contributed by atoms with van der Waals surface area (Å²) in [7, 11) is 0. The van der Waals surface area contributed by atoms with Crippen LogP contribution < -0.4 is 9.80 Å². The van der Waals surface area contributed by atoms with Gasteiger partial charge in [0.2, 0.25) is 0 Å². The Morgan fingerprint density at radius 1 is 0.781 bits per heavy atom. The summed E-state index contributed by atoms with van der Waals surface area (Å²) < 4.78 is 16.2. The fourth-order valence-corrected chi connectivity index (χ4v) is 4.30. The number of nitrogens with zero attached hydrogens (tertiary/aromatic N) is 7. The molecular formula is C24H20FN7. The van der Waals surface area contributed by atoms with E-state index in [1.54, 1.807) is 22.7 Å². The molecule has 1 aliphatic rings. The Labute approximate surface area is 183 Å². The maximum Gasteiger partial charge on any atom is 0.186 e. The number of aromatic nitrogens is 5. The van der Waals surface area contributed by atoms with Gasteiger partial charge in [0.25, 0.3) is 0 Å². The lowest BCUT2D eigenvalue weighted by atomic mass is 10.1. The number of anilines is 2. The third-order valence-electron chi connectivity index (χ3n) is 5.91. The highest BCUT2D eigenvalue weighted by molar-refractivity contribution is 5.93. The van der Waals surface area contributed by atoms with Gasteiger partial charge in [-0.1, -0.05) is 35.5 Å². The number of fused-ring (bicyclic) bond motifs is 3. The van der Waals surface area contributed by atoms with Crippen LogP contribution in [0.1, 0.15) is 0 Å². The van der Waals surface area contributed by atoms with Gasteiger partial charge in [0.1, 0.15) is 23.1 Å². The van der Waals surface area contributed by atoms with Crippen molar-refractivity contribution in [1.82, 2.24) is 24.8 Å². The molecule has 0 radical (unpaired) electrons. The molecule has 0 aliphatic carbocycles. The Kier molecular flexibility index (Phi) is 4.41. The Hall–Kier alpha value is -4.07. The van der Waals surface area contributed by atoms with Crippen LogP contribution >= 0.6 is 0 Å². The van der Waals surface area contributed by atoms with Gasteiger partial charge in [-0.3, -0.25) is 0 Å². The van der Waals surface area contributed by atoms with E-state index in [1.165, 1.54) is 6.07 Å². The molecule has 4 heterocycles. The van der Waals surface area contributed by atoms with Gasteiger partial charge in [-0.05, 0) is 36.4 Å². The molecule has 0 unspecified atom stereocenters. The normalized spacial score (nSPS) is 14.4. The average Bonchev–Trinajstić information content (AvgIpc) is 3.28. The summed E-state index contributed by atoms with van der Waals surface area (Å²) in [5.74, 6) is 1.52. The van der Waals surface area contributed by atoms with Gasteiger partial charge < -0.3 is 9.80 Å². The monoisotopic (exact) mass is 425 g/mol. The van der Waals surface area contributed by atoms with Gasteiger partial charge in [-0.2, -0.15) is 4.52 Å². The van der Waals surface area contributed by atoms with E-state index >= 15 is 0 Å². The molecule has 0 saturated carbocycles. The van der Waals surface area contributed by atoms with Crippen molar-refractivity contribution in [3.8, 4) is 11.3 Å². The largest absolute Gasteiger partial charge is 0.353 e. The minimum absolute atomic E-state index is 0.338. The van der Waals surface area contributed by atoms with E-state index < -0.39 is 0 Å². The van der Waals surface area contributed by atoms with Crippen LogP contribution in [0.5, 0.6) is 0 Å². The van der Waals surface area contributed by atoms with Crippen molar-refractivity contribution in [2.75, 3.05) is 36.0 Å². The van der Waals surface area contributed by atoms with E-state index in [0.717, 1.165) is 48.7 Å². The van der Waals surface area contributed by atoms with Gasteiger partial charge in [0.05, 0.1) is 5.52 Å². The van der Waals surface area contributed by atoms with Crippen molar-refractivity contribution >= 4 is 28.2 Å². The Bertz CT molecular complexity index is 1410. The van der Waals surface area contributed by atoms with E-state index in [-0.39, 0.29) is 5.82 Å². The molecular weight excluding hydrogens is 405 g/mol. The van der Waals surface area contributed by atoms with Crippen molar-refractivity contribution in [2.24, 2.45) is 0 Å². The van der Waals surface area contributed by atoms with Crippen LogP contribution in [-0.2, 0) is 0 Å². The fourth-order valence-electron chi connectivity index (χ4n) is 4.30. The lowest BCUT2D eigenvalue weighted by molar-refractivity contribution is 0.630. The SMILES string of the molecule is Fc1ccccc1-c1nnn2c1nc(N1CCN(c3ccccn3)CC1)c1ccccc12. The Morgan fingerprint density at radius 2 is 1.53 bits per heavy atom. The molecule has 158 valence electrons. The number of pyridine rings is 1. The van der Waals surface area contributed by atoms with Crippen LogP contribution in [0.4, 0.5) is 16.0 Å². The summed E-state index contributed by atoms with van der Waals surface area (Å²) in [6.07, 6.45) is 1.82. The predicted molar refractivity (Wildman–Crippen MR) is 122 cm³/mol. The number of hydrogen-bond donors (Lipinski definition) is 0. The number of piperazine rings is 1. The number of hydrogen-bond acceptors (Lipinski definition) is 6. The molecule has 7 nitrogen and oxygen atoms in total. The van der Waals surface area contributed by atoms with Gasteiger partial charge in [-0.25, -0.2) is 14.4 Å². The molecule has 0 N–H and O–H groups in total. The zero-order valence-corrected chi connectivity index (χ0v) is 17.3. The molecule has 3 aromatic heterocycles. The van der Waals surface area contributed by atoms with Crippen LogP contribution in [-0.4, -0.2) is 51.0 Å². The van der Waals surface area contributed by atoms with E-state index in [9.17, 15) is 4.39 Å². The molecule has 1 fully saturated rings. The van der Waals surface area contributed by atoms with Crippen molar-refractivity contribution in [1.29, 1.82) is 0 Å². The van der Waals surface area contributed by atoms with Crippen molar-refractivity contribution in [2.45, 2.75) is 0 Å². The predicted octanol–water partition coefficient (Wildman–Crippen LogP) is 3.81. The van der Waals surface area contributed by atoms with E-state index in [4.69, 9.17) is 4.98 Å². The molecule has 1 aliphatic heterocycles. The highest BCUT2D eigenvalue weighted by Gasteiger charge is 2.24. The Morgan fingerprint density at radius 3 is 2.34 bits per heavy atom. The first-order valence-corrected chi connectivity index (χ1v) is 10.6. The molecule has 1 saturated heterocycles. The summed E-state index contributed by atoms with van der Waals surface area (Å²) in [6.45, 7) is 3.30. The second-order valence-corrected chi connectivity index (χ2v) is 7.77. The van der Waals surface area contributed by atoms with Crippen molar-refractivity contribution in [3.05, 3.63) is 78.7 Å².